The molecule has 0 aliphatic heterocycles. The fourth-order valence-corrected chi connectivity index (χ4v) is 12.6. The minimum atomic E-state index is -0.171. The molecule has 0 heteroatoms. The first kappa shape index (κ1) is 39.1. The summed E-state index contributed by atoms with van der Waals surface area (Å²) in [4.78, 5) is 0. The van der Waals surface area contributed by atoms with Crippen LogP contribution in [0, 0.1) is 0 Å². The van der Waals surface area contributed by atoms with Crippen LogP contribution in [0.25, 0.3) is 121 Å². The minimum Gasteiger partial charge on any atom is -0.0616 e. The lowest BCUT2D eigenvalue weighted by molar-refractivity contribution is 0.660. The average Bonchev–Trinajstić information content (AvgIpc) is 3.75. The van der Waals surface area contributed by atoms with Crippen LogP contribution >= 0.6 is 0 Å². The van der Waals surface area contributed by atoms with Gasteiger partial charge in [0.1, 0.15) is 0 Å². The third kappa shape index (κ3) is 5.55. The highest BCUT2D eigenvalue weighted by atomic mass is 14.4. The van der Waals surface area contributed by atoms with Crippen molar-refractivity contribution in [2.75, 3.05) is 0 Å². The molecule has 68 heavy (non-hydrogen) atoms. The van der Waals surface area contributed by atoms with Gasteiger partial charge in [-0.25, -0.2) is 0 Å². The van der Waals surface area contributed by atoms with Crippen molar-refractivity contribution < 1.29 is 0 Å². The molecule has 0 radical (unpaired) electrons. The Kier molecular flexibility index (Phi) is 8.19. The van der Waals surface area contributed by atoms with Crippen molar-refractivity contribution in [2.45, 2.75) is 38.5 Å². The predicted molar refractivity (Wildman–Crippen MR) is 291 cm³/mol. The standard InChI is InChI=1S/C68H48/c1-67(2)62-37-43(50-25-13-17-41-15-5-7-19-48(41)50)27-31-54(62)56-33-29-45(39-64(56)67)60-35-47-36-61(53-22-10-12-24-59(53)66(47)58-23-11-9-21-52(58)60)46-30-34-57-55-32-28-44(38-63(55)68(3,4)65(57)40-46)51-26-14-18-42-16-6-8-20-49(42)51/h5-40H,1-4H3. The summed E-state index contributed by atoms with van der Waals surface area (Å²) < 4.78 is 0. The monoisotopic (exact) mass is 864 g/mol. The summed E-state index contributed by atoms with van der Waals surface area (Å²) in [5, 5.41) is 12.9. The molecule has 12 aromatic rings. The lowest BCUT2D eigenvalue weighted by atomic mass is 9.80. The molecule has 2 aliphatic rings. The van der Waals surface area contributed by atoms with Gasteiger partial charge in [-0.2, -0.15) is 0 Å². The van der Waals surface area contributed by atoms with Gasteiger partial charge in [0.25, 0.3) is 0 Å². The van der Waals surface area contributed by atoms with Crippen LogP contribution in [0.1, 0.15) is 49.9 Å². The molecule has 0 fully saturated rings. The molecule has 0 saturated carbocycles. The van der Waals surface area contributed by atoms with Crippen LogP contribution in [0.15, 0.2) is 218 Å². The molecule has 0 aromatic heterocycles. The van der Waals surface area contributed by atoms with Gasteiger partial charge in [0.05, 0.1) is 0 Å². The van der Waals surface area contributed by atoms with E-state index in [1.165, 1.54) is 143 Å². The highest BCUT2D eigenvalue weighted by Crippen LogP contribution is 2.54. The molecule has 0 spiro atoms. The van der Waals surface area contributed by atoms with Crippen LogP contribution < -0.4 is 0 Å². The molecule has 0 nitrogen and oxygen atoms in total. The van der Waals surface area contributed by atoms with Crippen molar-refractivity contribution in [3.63, 3.8) is 0 Å². The molecule has 14 rings (SSSR count). The van der Waals surface area contributed by atoms with Crippen LogP contribution in [0.3, 0.4) is 0 Å². The Morgan fingerprint density at radius 3 is 0.912 bits per heavy atom. The maximum atomic E-state index is 2.49. The largest absolute Gasteiger partial charge is 0.0616 e. The maximum Gasteiger partial charge on any atom is 0.0159 e. The smallest absolute Gasteiger partial charge is 0.0159 e. The van der Waals surface area contributed by atoms with Crippen LogP contribution in [-0.2, 0) is 10.8 Å². The first-order chi connectivity index (χ1) is 33.2. The van der Waals surface area contributed by atoms with E-state index in [1.54, 1.807) is 0 Å². The van der Waals surface area contributed by atoms with Gasteiger partial charge >= 0.3 is 0 Å². The van der Waals surface area contributed by atoms with Crippen molar-refractivity contribution in [1.82, 2.24) is 0 Å². The van der Waals surface area contributed by atoms with Crippen molar-refractivity contribution in [3.8, 4) is 66.8 Å². The Bertz CT molecular complexity index is 3860. The van der Waals surface area contributed by atoms with Crippen LogP contribution in [0.2, 0.25) is 0 Å². The summed E-state index contributed by atoms with van der Waals surface area (Å²) in [5.74, 6) is 0. The lowest BCUT2D eigenvalue weighted by Gasteiger charge is -2.23. The van der Waals surface area contributed by atoms with E-state index in [0.29, 0.717) is 0 Å². The van der Waals surface area contributed by atoms with E-state index in [1.807, 2.05) is 0 Å². The van der Waals surface area contributed by atoms with E-state index in [-0.39, 0.29) is 10.8 Å². The molecule has 320 valence electrons. The van der Waals surface area contributed by atoms with Crippen LogP contribution in [0.4, 0.5) is 0 Å². The third-order valence-electron chi connectivity index (χ3n) is 16.0. The molecule has 0 amide bonds. The Morgan fingerprint density at radius 2 is 0.529 bits per heavy atom. The van der Waals surface area contributed by atoms with Crippen molar-refractivity contribution in [2.24, 2.45) is 0 Å². The Hall–Kier alpha value is -8.06. The second kappa shape index (κ2) is 14.2. The molecule has 0 bridgehead atoms. The van der Waals surface area contributed by atoms with Gasteiger partial charge in [0, 0.05) is 10.8 Å². The molecule has 0 saturated heterocycles. The zero-order valence-electron chi connectivity index (χ0n) is 38.8. The first-order valence-electron chi connectivity index (χ1n) is 24.2. The van der Waals surface area contributed by atoms with Gasteiger partial charge in [-0.05, 0) is 179 Å². The Labute approximate surface area is 397 Å². The van der Waals surface area contributed by atoms with E-state index in [9.17, 15) is 0 Å². The Balaban J connectivity index is 0.894. The predicted octanol–water partition coefficient (Wildman–Crippen LogP) is 18.7. The molecule has 0 N–H and O–H groups in total. The van der Waals surface area contributed by atoms with E-state index in [4.69, 9.17) is 0 Å². The molecule has 2 aliphatic carbocycles. The summed E-state index contributed by atoms with van der Waals surface area (Å²) in [6, 6.07) is 82.6. The van der Waals surface area contributed by atoms with Gasteiger partial charge < -0.3 is 0 Å². The highest BCUT2D eigenvalue weighted by Gasteiger charge is 2.37. The quantitative estimate of drug-likeness (QED) is 0.155. The van der Waals surface area contributed by atoms with Crippen LogP contribution in [0.5, 0.6) is 0 Å². The minimum absolute atomic E-state index is 0.171. The summed E-state index contributed by atoms with van der Waals surface area (Å²) in [6.07, 6.45) is 0. The molecule has 0 atom stereocenters. The third-order valence-corrected chi connectivity index (χ3v) is 16.0. The van der Waals surface area contributed by atoms with E-state index < -0.39 is 0 Å². The highest BCUT2D eigenvalue weighted by molar-refractivity contribution is 6.26. The second-order valence-electron chi connectivity index (χ2n) is 20.4. The first-order valence-corrected chi connectivity index (χ1v) is 24.2. The van der Waals surface area contributed by atoms with Crippen molar-refractivity contribution in [1.29, 1.82) is 0 Å². The summed E-state index contributed by atoms with van der Waals surface area (Å²) in [7, 11) is 0. The molecular formula is C68H48. The van der Waals surface area contributed by atoms with Crippen molar-refractivity contribution in [3.05, 3.63) is 241 Å². The molecule has 12 aromatic carbocycles. The van der Waals surface area contributed by atoms with E-state index >= 15 is 0 Å². The fourth-order valence-electron chi connectivity index (χ4n) is 12.6. The van der Waals surface area contributed by atoms with Gasteiger partial charge in [0.2, 0.25) is 0 Å². The topological polar surface area (TPSA) is 0 Å². The summed E-state index contributed by atoms with van der Waals surface area (Å²) >= 11 is 0. The zero-order valence-corrected chi connectivity index (χ0v) is 38.8. The summed E-state index contributed by atoms with van der Waals surface area (Å²) in [6.45, 7) is 9.63. The van der Waals surface area contributed by atoms with E-state index in [2.05, 4.69) is 246 Å². The number of rotatable bonds is 4. The van der Waals surface area contributed by atoms with Gasteiger partial charge in [-0.1, -0.05) is 210 Å². The normalized spacial score (nSPS) is 14.1. The zero-order chi connectivity index (χ0) is 45.5. The maximum absolute atomic E-state index is 2.49. The summed E-state index contributed by atoms with van der Waals surface area (Å²) in [5.41, 5.74) is 20.7. The van der Waals surface area contributed by atoms with Gasteiger partial charge in [-0.15, -0.1) is 0 Å². The van der Waals surface area contributed by atoms with Gasteiger partial charge in [-0.3, -0.25) is 0 Å². The SMILES string of the molecule is CC1(C)c2cc(-c3cccc4ccccc34)ccc2-c2ccc(-c3cc4cc(-c5ccc6c(c5)C(C)(C)c5cc(-c7cccc8ccccc78)ccc5-6)c5ccccc5c4c4ccccc34)cc21. The molecule has 0 unspecified atom stereocenters. The number of hydrogen-bond acceptors (Lipinski definition) is 0. The van der Waals surface area contributed by atoms with Crippen LogP contribution in [-0.4, -0.2) is 0 Å². The number of fused-ring (bicyclic) bond motifs is 13. The van der Waals surface area contributed by atoms with Gasteiger partial charge in [0.15, 0.2) is 0 Å². The molecular weight excluding hydrogens is 817 g/mol. The number of hydrogen-bond donors (Lipinski definition) is 0. The average molecular weight is 865 g/mol. The lowest BCUT2D eigenvalue weighted by Crippen LogP contribution is -2.15. The molecule has 0 heterocycles. The second-order valence-corrected chi connectivity index (χ2v) is 20.4. The van der Waals surface area contributed by atoms with E-state index in [0.717, 1.165) is 0 Å². The Morgan fingerprint density at radius 1 is 0.221 bits per heavy atom. The fraction of sp³-hybridized carbons (Fsp3) is 0.0882. The number of benzene rings is 12. The van der Waals surface area contributed by atoms with Crippen molar-refractivity contribution >= 4 is 53.9 Å².